The zero-order chi connectivity index (χ0) is 21.3. The maximum absolute atomic E-state index is 14.2. The Hall–Kier alpha value is -3.66. The van der Waals surface area contributed by atoms with Crippen molar-refractivity contribution in [2.75, 3.05) is 12.4 Å². The van der Waals surface area contributed by atoms with E-state index in [-0.39, 0.29) is 22.0 Å². The highest BCUT2D eigenvalue weighted by atomic mass is 32.1. The summed E-state index contributed by atoms with van der Waals surface area (Å²) in [6.07, 6.45) is 1.46. The summed E-state index contributed by atoms with van der Waals surface area (Å²) in [4.78, 5) is 17.1. The Morgan fingerprint density at radius 2 is 2.03 bits per heavy atom. The first-order valence-corrected chi connectivity index (χ1v) is 9.50. The molecule has 30 heavy (non-hydrogen) atoms. The number of ether oxygens (including phenoxy) is 1. The van der Waals surface area contributed by atoms with Crippen LogP contribution in [0.15, 0.2) is 48.7 Å². The molecular formula is C20H15F2N5O2S. The molecule has 0 spiro atoms. The molecule has 0 saturated heterocycles. The van der Waals surface area contributed by atoms with Crippen LogP contribution in [0.3, 0.4) is 0 Å². The molecule has 0 aliphatic heterocycles. The third-order valence-electron chi connectivity index (χ3n) is 4.23. The van der Waals surface area contributed by atoms with Gasteiger partial charge in [-0.3, -0.25) is 14.8 Å². The van der Waals surface area contributed by atoms with Crippen molar-refractivity contribution in [3.63, 3.8) is 0 Å². The number of halogens is 2. The van der Waals surface area contributed by atoms with Crippen molar-refractivity contribution in [2.24, 2.45) is 7.05 Å². The van der Waals surface area contributed by atoms with E-state index in [0.717, 1.165) is 29.2 Å². The molecule has 0 fully saturated rings. The summed E-state index contributed by atoms with van der Waals surface area (Å²) in [5, 5.41) is 7.08. The minimum atomic E-state index is -0.807. The van der Waals surface area contributed by atoms with Crippen LogP contribution in [0.25, 0.3) is 22.6 Å². The summed E-state index contributed by atoms with van der Waals surface area (Å²) in [7, 11) is 3.17. The van der Waals surface area contributed by atoms with Gasteiger partial charge in [-0.2, -0.15) is 14.5 Å². The van der Waals surface area contributed by atoms with E-state index in [1.807, 2.05) is 12.1 Å². The standard InChI is InChI=1S/C20H15F2N5O2S/c1-27-10-15(17(25-27)14-7-6-12(21)9-16(14)22)19(28)24-20-23-18(26-30-20)11-4-3-5-13(8-11)29-2/h3-10H,1-2H3,(H,23,24,26,28). The molecule has 0 bridgehead atoms. The van der Waals surface area contributed by atoms with Crippen LogP contribution in [0.1, 0.15) is 10.4 Å². The van der Waals surface area contributed by atoms with Gasteiger partial charge >= 0.3 is 0 Å². The summed E-state index contributed by atoms with van der Waals surface area (Å²) in [6, 6.07) is 10.3. The van der Waals surface area contributed by atoms with Gasteiger partial charge in [0, 0.05) is 42.0 Å². The Kier molecular flexibility index (Phi) is 5.23. The van der Waals surface area contributed by atoms with Crippen LogP contribution in [0, 0.1) is 11.6 Å². The molecule has 0 unspecified atom stereocenters. The molecule has 10 heteroatoms. The number of aromatic nitrogens is 4. The van der Waals surface area contributed by atoms with Crippen molar-refractivity contribution >= 4 is 22.6 Å². The average Bonchev–Trinajstić information content (AvgIpc) is 3.35. The van der Waals surface area contributed by atoms with Gasteiger partial charge in [0.15, 0.2) is 5.82 Å². The molecule has 0 atom stereocenters. The highest BCUT2D eigenvalue weighted by Gasteiger charge is 2.21. The summed E-state index contributed by atoms with van der Waals surface area (Å²) in [5.41, 5.74) is 0.990. The summed E-state index contributed by atoms with van der Waals surface area (Å²) < 4.78 is 38.3. The molecule has 0 radical (unpaired) electrons. The van der Waals surface area contributed by atoms with Crippen LogP contribution < -0.4 is 10.1 Å². The molecule has 2 heterocycles. The van der Waals surface area contributed by atoms with E-state index >= 15 is 0 Å². The second-order valence-corrected chi connectivity index (χ2v) is 7.05. The Labute approximate surface area is 174 Å². The van der Waals surface area contributed by atoms with E-state index in [4.69, 9.17) is 4.74 Å². The quantitative estimate of drug-likeness (QED) is 0.518. The van der Waals surface area contributed by atoms with Gasteiger partial charge in [0.2, 0.25) is 5.13 Å². The van der Waals surface area contributed by atoms with Crippen LogP contribution >= 0.6 is 11.5 Å². The van der Waals surface area contributed by atoms with Gasteiger partial charge in [-0.05, 0) is 24.3 Å². The van der Waals surface area contributed by atoms with Gasteiger partial charge in [0.05, 0.1) is 12.7 Å². The van der Waals surface area contributed by atoms with Crippen molar-refractivity contribution < 1.29 is 18.3 Å². The molecule has 2 aromatic heterocycles. The maximum Gasteiger partial charge on any atom is 0.261 e. The minimum Gasteiger partial charge on any atom is -0.497 e. The fourth-order valence-electron chi connectivity index (χ4n) is 2.85. The van der Waals surface area contributed by atoms with E-state index in [1.54, 1.807) is 26.3 Å². The predicted molar refractivity (Wildman–Crippen MR) is 108 cm³/mol. The molecule has 152 valence electrons. The van der Waals surface area contributed by atoms with Gasteiger partial charge in [0.25, 0.3) is 5.91 Å². The number of benzene rings is 2. The summed E-state index contributed by atoms with van der Waals surface area (Å²) in [6.45, 7) is 0. The van der Waals surface area contributed by atoms with Crippen LogP contribution in [-0.4, -0.2) is 32.2 Å². The number of nitrogens with one attached hydrogen (secondary N) is 1. The fourth-order valence-corrected chi connectivity index (χ4v) is 3.44. The summed E-state index contributed by atoms with van der Waals surface area (Å²) >= 11 is 1.01. The molecule has 7 nitrogen and oxygen atoms in total. The zero-order valence-corrected chi connectivity index (χ0v) is 16.7. The van der Waals surface area contributed by atoms with Crippen molar-refractivity contribution in [1.82, 2.24) is 19.1 Å². The third kappa shape index (κ3) is 3.90. The van der Waals surface area contributed by atoms with Crippen molar-refractivity contribution in [3.8, 4) is 28.4 Å². The Morgan fingerprint density at radius 1 is 1.20 bits per heavy atom. The Balaban J connectivity index is 1.60. The molecule has 2 aromatic carbocycles. The van der Waals surface area contributed by atoms with Crippen LogP contribution in [0.5, 0.6) is 5.75 Å². The number of hydrogen-bond donors (Lipinski definition) is 1. The van der Waals surface area contributed by atoms with Crippen LogP contribution in [0.2, 0.25) is 0 Å². The molecule has 1 amide bonds. The number of methoxy groups -OCH3 is 1. The van der Waals surface area contributed by atoms with Crippen molar-refractivity contribution in [1.29, 1.82) is 0 Å². The smallest absolute Gasteiger partial charge is 0.261 e. The number of anilines is 1. The maximum atomic E-state index is 14.2. The Morgan fingerprint density at radius 3 is 2.80 bits per heavy atom. The first kappa shape index (κ1) is 19.6. The van der Waals surface area contributed by atoms with E-state index in [2.05, 4.69) is 19.8 Å². The molecule has 0 aliphatic carbocycles. The number of aryl methyl sites for hydroxylation is 1. The first-order chi connectivity index (χ1) is 14.4. The van der Waals surface area contributed by atoms with Gasteiger partial charge in [0.1, 0.15) is 23.1 Å². The number of rotatable bonds is 5. The topological polar surface area (TPSA) is 81.9 Å². The fraction of sp³-hybridized carbons (Fsp3) is 0.100. The molecule has 4 rings (SSSR count). The highest BCUT2D eigenvalue weighted by Crippen LogP contribution is 2.28. The lowest BCUT2D eigenvalue weighted by Gasteiger charge is -2.04. The second kappa shape index (κ2) is 7.99. The highest BCUT2D eigenvalue weighted by molar-refractivity contribution is 7.10. The molecule has 0 saturated carbocycles. The van der Waals surface area contributed by atoms with Crippen LogP contribution in [0.4, 0.5) is 13.9 Å². The zero-order valence-electron chi connectivity index (χ0n) is 15.9. The van der Waals surface area contributed by atoms with E-state index in [9.17, 15) is 13.6 Å². The molecule has 1 N–H and O–H groups in total. The second-order valence-electron chi connectivity index (χ2n) is 6.30. The summed E-state index contributed by atoms with van der Waals surface area (Å²) in [5.74, 6) is -0.953. The molecule has 0 aliphatic rings. The Bertz CT molecular complexity index is 1240. The van der Waals surface area contributed by atoms with E-state index < -0.39 is 17.5 Å². The van der Waals surface area contributed by atoms with E-state index in [1.165, 1.54) is 16.9 Å². The number of amides is 1. The third-order valence-corrected chi connectivity index (χ3v) is 4.86. The SMILES string of the molecule is COc1cccc(-c2nsc(NC(=O)c3cn(C)nc3-c3ccc(F)cc3F)n2)c1. The predicted octanol–water partition coefficient (Wildman–Crippen LogP) is 4.14. The molecule has 4 aromatic rings. The number of carbonyl (C=O) groups excluding carboxylic acids is 1. The lowest BCUT2D eigenvalue weighted by Crippen LogP contribution is -2.12. The minimum absolute atomic E-state index is 0.0245. The van der Waals surface area contributed by atoms with Crippen LogP contribution in [-0.2, 0) is 7.05 Å². The van der Waals surface area contributed by atoms with Gasteiger partial charge < -0.3 is 4.74 Å². The average molecular weight is 427 g/mol. The van der Waals surface area contributed by atoms with Gasteiger partial charge in [-0.1, -0.05) is 12.1 Å². The largest absolute Gasteiger partial charge is 0.497 e. The number of carbonyl (C=O) groups is 1. The van der Waals surface area contributed by atoms with Crippen molar-refractivity contribution in [2.45, 2.75) is 0 Å². The lowest BCUT2D eigenvalue weighted by molar-refractivity contribution is 0.102. The van der Waals surface area contributed by atoms with Gasteiger partial charge in [-0.15, -0.1) is 0 Å². The van der Waals surface area contributed by atoms with Crippen molar-refractivity contribution in [3.05, 3.63) is 65.9 Å². The van der Waals surface area contributed by atoms with E-state index in [0.29, 0.717) is 11.6 Å². The van der Waals surface area contributed by atoms with Gasteiger partial charge in [-0.25, -0.2) is 8.78 Å². The molecular weight excluding hydrogens is 412 g/mol. The number of nitrogens with zero attached hydrogens (tertiary/aromatic N) is 4. The monoisotopic (exact) mass is 427 g/mol. The normalized spacial score (nSPS) is 10.8. The first-order valence-electron chi connectivity index (χ1n) is 8.73. The lowest BCUT2D eigenvalue weighted by atomic mass is 10.1. The number of hydrogen-bond acceptors (Lipinski definition) is 6.